The third kappa shape index (κ3) is 6.47. The summed E-state index contributed by atoms with van der Waals surface area (Å²) in [6.45, 7) is 1.99. The van der Waals surface area contributed by atoms with E-state index in [9.17, 15) is 9.59 Å². The first-order valence-electron chi connectivity index (χ1n) is 9.41. The van der Waals surface area contributed by atoms with Crippen LogP contribution >= 0.6 is 34.8 Å². The monoisotopic (exact) mass is 489 g/mol. The number of amides is 2. The smallest absolute Gasteiger partial charge is 0.329 e. The zero-order valence-corrected chi connectivity index (χ0v) is 19.1. The summed E-state index contributed by atoms with van der Waals surface area (Å²) in [7, 11) is 0. The molecule has 0 unspecified atom stereocenters. The number of carbonyl (C=O) groups excluding carboxylic acids is 2. The number of ether oxygens (including phenoxy) is 1. The molecule has 164 valence electrons. The highest BCUT2D eigenvalue weighted by atomic mass is 35.5. The Morgan fingerprint density at radius 3 is 2.31 bits per heavy atom. The fraction of sp³-hybridized carbons (Fsp3) is 0.0870. The van der Waals surface area contributed by atoms with Crippen molar-refractivity contribution >= 4 is 58.0 Å². The highest BCUT2D eigenvalue weighted by Gasteiger charge is 2.14. The maximum atomic E-state index is 12.0. The van der Waals surface area contributed by atoms with Gasteiger partial charge in [0.2, 0.25) is 0 Å². The second kappa shape index (κ2) is 11.0. The van der Waals surface area contributed by atoms with Crippen LogP contribution in [0.1, 0.15) is 18.1 Å². The van der Waals surface area contributed by atoms with Crippen LogP contribution in [-0.2, 0) is 16.2 Å². The highest BCUT2D eigenvalue weighted by Crippen LogP contribution is 2.23. The summed E-state index contributed by atoms with van der Waals surface area (Å²) in [4.78, 5) is 24.0. The number of carbonyl (C=O) groups is 2. The van der Waals surface area contributed by atoms with Crippen molar-refractivity contribution in [3.63, 3.8) is 0 Å². The minimum absolute atomic E-state index is 0.291. The molecule has 0 fully saturated rings. The molecule has 2 N–H and O–H groups in total. The third-order valence-electron chi connectivity index (χ3n) is 4.33. The second-order valence-corrected chi connectivity index (χ2v) is 7.87. The van der Waals surface area contributed by atoms with Crippen molar-refractivity contribution in [2.45, 2.75) is 13.5 Å². The molecule has 6 nitrogen and oxygen atoms in total. The second-order valence-electron chi connectivity index (χ2n) is 6.62. The lowest BCUT2D eigenvalue weighted by atomic mass is 10.1. The van der Waals surface area contributed by atoms with Gasteiger partial charge >= 0.3 is 11.8 Å². The highest BCUT2D eigenvalue weighted by molar-refractivity contribution is 6.41. The van der Waals surface area contributed by atoms with Crippen LogP contribution in [0.25, 0.3) is 0 Å². The molecule has 0 radical (unpaired) electrons. The zero-order chi connectivity index (χ0) is 23.1. The van der Waals surface area contributed by atoms with E-state index in [1.54, 1.807) is 73.7 Å². The van der Waals surface area contributed by atoms with E-state index in [-0.39, 0.29) is 0 Å². The molecule has 0 heterocycles. The molecule has 9 heteroatoms. The molecule has 0 saturated carbocycles. The summed E-state index contributed by atoms with van der Waals surface area (Å²) in [6.07, 6.45) is 0. The molecular weight excluding hydrogens is 473 g/mol. The van der Waals surface area contributed by atoms with Gasteiger partial charge in [0.25, 0.3) is 0 Å². The Kier molecular flexibility index (Phi) is 8.11. The van der Waals surface area contributed by atoms with Gasteiger partial charge in [0.05, 0.1) is 16.4 Å². The topological polar surface area (TPSA) is 79.8 Å². The SMILES string of the molecule is C/C(=N\NC(=O)C(=O)Nc1ccccc1Cl)c1ccc(OCc2ccc(Cl)cc2Cl)cc1. The first-order valence-corrected chi connectivity index (χ1v) is 10.5. The van der Waals surface area contributed by atoms with Crippen LogP contribution in [-0.4, -0.2) is 17.5 Å². The number of benzene rings is 3. The van der Waals surface area contributed by atoms with Crippen LogP contribution in [0.3, 0.4) is 0 Å². The molecule has 0 aliphatic heterocycles. The molecule has 0 aliphatic rings. The Morgan fingerprint density at radius 1 is 0.906 bits per heavy atom. The fourth-order valence-corrected chi connectivity index (χ4v) is 3.23. The normalized spacial score (nSPS) is 11.1. The molecule has 0 bridgehead atoms. The Hall–Kier alpha value is -3.06. The Morgan fingerprint density at radius 2 is 1.62 bits per heavy atom. The Bertz CT molecular complexity index is 1160. The fourth-order valence-electron chi connectivity index (χ4n) is 2.58. The standard InChI is InChI=1S/C23H18Cl3N3O3/c1-14(28-29-23(31)22(30)27-21-5-3-2-4-19(21)25)15-7-10-18(11-8-15)32-13-16-6-9-17(24)12-20(16)26/h2-12H,13H2,1H3,(H,27,30)(H,29,31)/b28-14+. The molecule has 3 aromatic carbocycles. The van der Waals surface area contributed by atoms with Crippen molar-refractivity contribution in [3.05, 3.63) is 92.9 Å². The molecule has 0 atom stereocenters. The summed E-state index contributed by atoms with van der Waals surface area (Å²) in [6, 6.07) is 18.9. The predicted octanol–water partition coefficient (Wildman–Crippen LogP) is 5.70. The van der Waals surface area contributed by atoms with Crippen molar-refractivity contribution in [3.8, 4) is 5.75 Å². The van der Waals surface area contributed by atoms with Gasteiger partial charge in [0.1, 0.15) is 12.4 Å². The lowest BCUT2D eigenvalue weighted by Gasteiger charge is -2.09. The molecule has 32 heavy (non-hydrogen) atoms. The van der Waals surface area contributed by atoms with Crippen LogP contribution in [0.4, 0.5) is 5.69 Å². The minimum atomic E-state index is -0.913. The summed E-state index contributed by atoms with van der Waals surface area (Å²) in [5.41, 5.74) is 4.64. The summed E-state index contributed by atoms with van der Waals surface area (Å²) in [5.74, 6) is -1.15. The molecule has 0 aromatic heterocycles. The number of anilines is 1. The Labute approximate surface area is 200 Å². The first kappa shape index (κ1) is 23.6. The zero-order valence-electron chi connectivity index (χ0n) is 16.9. The van der Waals surface area contributed by atoms with Crippen LogP contribution < -0.4 is 15.5 Å². The lowest BCUT2D eigenvalue weighted by molar-refractivity contribution is -0.136. The van der Waals surface area contributed by atoms with Gasteiger partial charge in [-0.05, 0) is 61.0 Å². The van der Waals surface area contributed by atoms with Crippen molar-refractivity contribution < 1.29 is 14.3 Å². The van der Waals surface area contributed by atoms with Gasteiger partial charge in [-0.3, -0.25) is 9.59 Å². The molecular formula is C23H18Cl3N3O3. The van der Waals surface area contributed by atoms with Gasteiger partial charge in [-0.25, -0.2) is 5.43 Å². The van der Waals surface area contributed by atoms with E-state index in [0.29, 0.717) is 38.8 Å². The lowest BCUT2D eigenvalue weighted by Crippen LogP contribution is -2.33. The van der Waals surface area contributed by atoms with Gasteiger partial charge in [-0.15, -0.1) is 0 Å². The van der Waals surface area contributed by atoms with E-state index in [1.807, 2.05) is 0 Å². The van der Waals surface area contributed by atoms with Crippen molar-refractivity contribution in [1.82, 2.24) is 5.43 Å². The number of halogens is 3. The van der Waals surface area contributed by atoms with Crippen LogP contribution in [0.5, 0.6) is 5.75 Å². The maximum absolute atomic E-state index is 12.0. The molecule has 3 aromatic rings. The minimum Gasteiger partial charge on any atom is -0.489 e. The average Bonchev–Trinajstić information content (AvgIpc) is 2.78. The predicted molar refractivity (Wildman–Crippen MR) is 128 cm³/mol. The molecule has 0 aliphatic carbocycles. The van der Waals surface area contributed by atoms with Crippen molar-refractivity contribution in [2.75, 3.05) is 5.32 Å². The van der Waals surface area contributed by atoms with Crippen LogP contribution in [0.15, 0.2) is 71.8 Å². The van der Waals surface area contributed by atoms with Crippen LogP contribution in [0.2, 0.25) is 15.1 Å². The number of nitrogens with zero attached hydrogens (tertiary/aromatic N) is 1. The first-order chi connectivity index (χ1) is 15.3. The number of nitrogens with one attached hydrogen (secondary N) is 2. The quantitative estimate of drug-likeness (QED) is 0.264. The molecule has 0 spiro atoms. The number of rotatable bonds is 6. The van der Waals surface area contributed by atoms with E-state index in [2.05, 4.69) is 15.8 Å². The molecule has 3 rings (SSSR count). The molecule has 0 saturated heterocycles. The van der Waals surface area contributed by atoms with Gasteiger partial charge < -0.3 is 10.1 Å². The summed E-state index contributed by atoms with van der Waals surface area (Å²) >= 11 is 18.0. The van der Waals surface area contributed by atoms with Crippen LogP contribution in [0, 0.1) is 0 Å². The van der Waals surface area contributed by atoms with E-state index >= 15 is 0 Å². The number of hydrazone groups is 1. The summed E-state index contributed by atoms with van der Waals surface area (Å²) in [5, 5.41) is 7.83. The van der Waals surface area contributed by atoms with E-state index in [1.165, 1.54) is 0 Å². The van der Waals surface area contributed by atoms with E-state index in [4.69, 9.17) is 39.5 Å². The summed E-state index contributed by atoms with van der Waals surface area (Å²) < 4.78 is 5.74. The third-order valence-corrected chi connectivity index (χ3v) is 5.25. The van der Waals surface area contributed by atoms with Gasteiger partial charge in [-0.2, -0.15) is 5.10 Å². The number of hydrogen-bond acceptors (Lipinski definition) is 4. The van der Waals surface area contributed by atoms with Gasteiger partial charge in [-0.1, -0.05) is 53.0 Å². The van der Waals surface area contributed by atoms with Gasteiger partial charge in [0.15, 0.2) is 0 Å². The van der Waals surface area contributed by atoms with E-state index < -0.39 is 11.8 Å². The number of para-hydroxylation sites is 1. The van der Waals surface area contributed by atoms with Gasteiger partial charge in [0, 0.05) is 15.6 Å². The Balaban J connectivity index is 1.55. The van der Waals surface area contributed by atoms with Crippen molar-refractivity contribution in [1.29, 1.82) is 0 Å². The van der Waals surface area contributed by atoms with E-state index in [0.717, 1.165) is 11.1 Å². The molecule has 2 amide bonds. The largest absolute Gasteiger partial charge is 0.489 e. The number of hydrogen-bond donors (Lipinski definition) is 2. The van der Waals surface area contributed by atoms with Crippen molar-refractivity contribution in [2.24, 2.45) is 5.10 Å². The maximum Gasteiger partial charge on any atom is 0.329 e. The average molecular weight is 491 g/mol.